The molecule has 3 aromatic carbocycles. The van der Waals surface area contributed by atoms with Crippen LogP contribution in [0.4, 0.5) is 0 Å². The van der Waals surface area contributed by atoms with Crippen LogP contribution < -0.4 is 9.47 Å². The molecule has 9 nitrogen and oxygen atoms in total. The molecule has 0 aliphatic rings. The highest BCUT2D eigenvalue weighted by atomic mass is 16.5. The number of rotatable bonds is 10. The second kappa shape index (κ2) is 11.4. The van der Waals surface area contributed by atoms with Gasteiger partial charge in [-0.1, -0.05) is 30.3 Å². The molecule has 4 aromatic rings. The van der Waals surface area contributed by atoms with Crippen molar-refractivity contribution in [3.8, 4) is 28.4 Å². The van der Waals surface area contributed by atoms with Crippen molar-refractivity contribution in [2.75, 3.05) is 48.5 Å². The van der Waals surface area contributed by atoms with Crippen LogP contribution in [-0.2, 0) is 0 Å². The van der Waals surface area contributed by atoms with Crippen molar-refractivity contribution >= 4 is 22.6 Å². The van der Waals surface area contributed by atoms with Gasteiger partial charge in [0.2, 0.25) is 0 Å². The van der Waals surface area contributed by atoms with Crippen molar-refractivity contribution < 1.29 is 24.2 Å². The number of methoxy groups -OCH3 is 2. The maximum atomic E-state index is 13.4. The Morgan fingerprint density at radius 3 is 2.16 bits per heavy atom. The SMILES string of the molecule is COc1cccc(OC)c1-c1cc(C(=O)O)nn1-c1ccc(C(=O)N(C)CCCN(C)C)c2ccccc12. The molecule has 0 radical (unpaired) electrons. The van der Waals surface area contributed by atoms with E-state index in [9.17, 15) is 14.7 Å². The molecule has 1 aromatic heterocycles. The number of fused-ring (bicyclic) bond motifs is 1. The van der Waals surface area contributed by atoms with Crippen molar-refractivity contribution in [2.24, 2.45) is 0 Å². The highest BCUT2D eigenvalue weighted by Crippen LogP contribution is 2.40. The van der Waals surface area contributed by atoms with Gasteiger partial charge in [0.15, 0.2) is 5.69 Å². The zero-order chi connectivity index (χ0) is 27.4. The largest absolute Gasteiger partial charge is 0.496 e. The summed E-state index contributed by atoms with van der Waals surface area (Å²) in [5.74, 6) is -0.213. The summed E-state index contributed by atoms with van der Waals surface area (Å²) in [5.41, 5.74) is 2.13. The minimum atomic E-state index is -1.16. The normalized spacial score (nSPS) is 11.1. The number of hydrogen-bond donors (Lipinski definition) is 1. The molecule has 9 heteroatoms. The summed E-state index contributed by atoms with van der Waals surface area (Å²) in [5, 5.41) is 15.7. The Labute approximate surface area is 221 Å². The number of aromatic carboxylic acids is 1. The number of benzene rings is 3. The first-order chi connectivity index (χ1) is 18.3. The number of aromatic nitrogens is 2. The summed E-state index contributed by atoms with van der Waals surface area (Å²) in [4.78, 5) is 29.2. The number of carboxylic acid groups (broad SMARTS) is 1. The molecule has 0 aliphatic heterocycles. The first-order valence-electron chi connectivity index (χ1n) is 12.2. The molecule has 198 valence electrons. The second-order valence-corrected chi connectivity index (χ2v) is 9.23. The van der Waals surface area contributed by atoms with Crippen LogP contribution in [0.2, 0.25) is 0 Å². The molecule has 0 spiro atoms. The van der Waals surface area contributed by atoms with E-state index in [0.717, 1.165) is 23.7 Å². The number of nitrogens with zero attached hydrogens (tertiary/aromatic N) is 4. The van der Waals surface area contributed by atoms with Crippen molar-refractivity contribution in [2.45, 2.75) is 6.42 Å². The maximum absolute atomic E-state index is 13.4. The van der Waals surface area contributed by atoms with Gasteiger partial charge in [0.05, 0.1) is 31.2 Å². The first-order valence-corrected chi connectivity index (χ1v) is 12.2. The fourth-order valence-electron chi connectivity index (χ4n) is 4.54. The van der Waals surface area contributed by atoms with E-state index in [4.69, 9.17) is 9.47 Å². The minimum Gasteiger partial charge on any atom is -0.496 e. The van der Waals surface area contributed by atoms with Crippen molar-refractivity contribution in [3.63, 3.8) is 0 Å². The average molecular weight is 517 g/mol. The van der Waals surface area contributed by atoms with Crippen LogP contribution in [0.25, 0.3) is 27.7 Å². The van der Waals surface area contributed by atoms with E-state index in [-0.39, 0.29) is 11.6 Å². The lowest BCUT2D eigenvalue weighted by molar-refractivity contribution is 0.0689. The Kier molecular flexibility index (Phi) is 7.97. The lowest BCUT2D eigenvalue weighted by Gasteiger charge is -2.20. The van der Waals surface area contributed by atoms with E-state index in [0.29, 0.717) is 40.6 Å². The molecule has 0 saturated carbocycles. The zero-order valence-electron chi connectivity index (χ0n) is 22.3. The van der Waals surface area contributed by atoms with Crippen molar-refractivity contribution in [3.05, 3.63) is 71.9 Å². The smallest absolute Gasteiger partial charge is 0.356 e. The number of carboxylic acids is 1. The molecule has 1 amide bonds. The predicted octanol–water partition coefficient (Wildman–Crippen LogP) is 4.43. The fourth-order valence-corrected chi connectivity index (χ4v) is 4.54. The van der Waals surface area contributed by atoms with Gasteiger partial charge in [0.25, 0.3) is 5.91 Å². The summed E-state index contributed by atoms with van der Waals surface area (Å²) in [6.07, 6.45) is 0.862. The van der Waals surface area contributed by atoms with Crippen LogP contribution in [0.1, 0.15) is 27.3 Å². The first kappa shape index (κ1) is 26.7. The molecule has 1 heterocycles. The Morgan fingerprint density at radius 2 is 1.55 bits per heavy atom. The van der Waals surface area contributed by atoms with E-state index in [1.54, 1.807) is 61.2 Å². The quantitative estimate of drug-likeness (QED) is 0.333. The van der Waals surface area contributed by atoms with Gasteiger partial charge in [-0.3, -0.25) is 4.79 Å². The standard InChI is InChI=1S/C29H32N4O5/c1-31(2)16-9-17-32(3)28(34)21-14-15-23(20-11-7-6-10-19(20)21)33-24(18-22(30-33)29(35)36)27-25(37-4)12-8-13-26(27)38-5/h6-8,10-15,18H,9,16-17H2,1-5H3,(H,35,36). The minimum absolute atomic E-state index is 0.0789. The number of amides is 1. The molecule has 0 unspecified atom stereocenters. The molecule has 0 aliphatic carbocycles. The van der Waals surface area contributed by atoms with Gasteiger partial charge < -0.3 is 24.4 Å². The third kappa shape index (κ3) is 5.19. The molecule has 0 bridgehead atoms. The van der Waals surface area contributed by atoms with Crippen LogP contribution >= 0.6 is 0 Å². The second-order valence-electron chi connectivity index (χ2n) is 9.23. The van der Waals surface area contributed by atoms with Gasteiger partial charge in [-0.25, -0.2) is 9.48 Å². The molecule has 0 saturated heterocycles. The third-order valence-corrected chi connectivity index (χ3v) is 6.42. The summed E-state index contributed by atoms with van der Waals surface area (Å²) < 4.78 is 12.8. The average Bonchev–Trinajstić information content (AvgIpc) is 3.36. The topological polar surface area (TPSA) is 97.1 Å². The highest BCUT2D eigenvalue weighted by molar-refractivity contribution is 6.09. The Balaban J connectivity index is 1.88. The summed E-state index contributed by atoms with van der Waals surface area (Å²) in [7, 11) is 8.91. The van der Waals surface area contributed by atoms with Crippen molar-refractivity contribution in [1.29, 1.82) is 0 Å². The number of hydrogen-bond acceptors (Lipinski definition) is 6. The van der Waals surface area contributed by atoms with Gasteiger partial charge in [-0.15, -0.1) is 0 Å². The third-order valence-electron chi connectivity index (χ3n) is 6.42. The lowest BCUT2D eigenvalue weighted by Crippen LogP contribution is -2.30. The Bertz CT molecular complexity index is 1460. The van der Waals surface area contributed by atoms with Crippen LogP contribution in [0.5, 0.6) is 11.5 Å². The van der Waals surface area contributed by atoms with Crippen LogP contribution in [0.3, 0.4) is 0 Å². The monoisotopic (exact) mass is 516 g/mol. The lowest BCUT2D eigenvalue weighted by atomic mass is 10.0. The summed E-state index contributed by atoms with van der Waals surface area (Å²) >= 11 is 0. The zero-order valence-corrected chi connectivity index (χ0v) is 22.3. The molecule has 38 heavy (non-hydrogen) atoms. The van der Waals surface area contributed by atoms with Crippen LogP contribution in [0, 0.1) is 0 Å². The maximum Gasteiger partial charge on any atom is 0.356 e. The van der Waals surface area contributed by atoms with Gasteiger partial charge in [-0.05, 0) is 62.8 Å². The molecule has 4 rings (SSSR count). The van der Waals surface area contributed by atoms with E-state index >= 15 is 0 Å². The Hall–Kier alpha value is -4.37. The fraction of sp³-hybridized carbons (Fsp3) is 0.276. The molecule has 1 N–H and O–H groups in total. The molecule has 0 fully saturated rings. The Morgan fingerprint density at radius 1 is 0.895 bits per heavy atom. The number of ether oxygens (including phenoxy) is 2. The number of carbonyl (C=O) groups excluding carboxylic acids is 1. The molecular formula is C29H32N4O5. The van der Waals surface area contributed by atoms with Crippen molar-refractivity contribution in [1.82, 2.24) is 19.6 Å². The van der Waals surface area contributed by atoms with Crippen LogP contribution in [-0.4, -0.2) is 85.0 Å². The van der Waals surface area contributed by atoms with Gasteiger partial charge in [0.1, 0.15) is 11.5 Å². The summed E-state index contributed by atoms with van der Waals surface area (Å²) in [6, 6.07) is 18.0. The molecular weight excluding hydrogens is 484 g/mol. The van der Waals surface area contributed by atoms with E-state index in [1.807, 2.05) is 38.4 Å². The highest BCUT2D eigenvalue weighted by Gasteiger charge is 2.24. The van der Waals surface area contributed by atoms with Crippen LogP contribution in [0.15, 0.2) is 60.7 Å². The van der Waals surface area contributed by atoms with Gasteiger partial charge in [-0.2, -0.15) is 5.10 Å². The molecule has 0 atom stereocenters. The van der Waals surface area contributed by atoms with E-state index in [2.05, 4.69) is 10.00 Å². The predicted molar refractivity (Wildman–Crippen MR) is 147 cm³/mol. The number of carbonyl (C=O) groups is 2. The van der Waals surface area contributed by atoms with E-state index < -0.39 is 5.97 Å². The van der Waals surface area contributed by atoms with E-state index in [1.165, 1.54) is 6.07 Å². The van der Waals surface area contributed by atoms with Gasteiger partial charge >= 0.3 is 5.97 Å². The summed E-state index contributed by atoms with van der Waals surface area (Å²) in [6.45, 7) is 1.52. The van der Waals surface area contributed by atoms with Gasteiger partial charge in [0, 0.05) is 24.5 Å².